The van der Waals surface area contributed by atoms with Crippen molar-refractivity contribution in [1.82, 2.24) is 4.72 Å². The standard InChI is InChI=1S/C14H22N2O3S/c1-14(2,10-17)16(3)12-6-8-13(9-7-12)20(18,19)15-11-4-5-11/h6-9,11,15,17H,4-5,10H2,1-3H3. The summed E-state index contributed by atoms with van der Waals surface area (Å²) in [5.74, 6) is 0. The summed E-state index contributed by atoms with van der Waals surface area (Å²) >= 11 is 0. The average Bonchev–Trinajstić information content (AvgIpc) is 3.21. The first-order valence-electron chi connectivity index (χ1n) is 6.73. The van der Waals surface area contributed by atoms with E-state index in [1.807, 2.05) is 25.8 Å². The molecule has 0 amide bonds. The van der Waals surface area contributed by atoms with Crippen molar-refractivity contribution in [2.75, 3.05) is 18.6 Å². The molecular formula is C14H22N2O3S. The Balaban J connectivity index is 2.17. The van der Waals surface area contributed by atoms with Crippen LogP contribution in [0.3, 0.4) is 0 Å². The lowest BCUT2D eigenvalue weighted by molar-refractivity contribution is 0.216. The second-order valence-corrected chi connectivity index (χ2v) is 7.63. The number of hydrogen-bond donors (Lipinski definition) is 2. The van der Waals surface area contributed by atoms with Gasteiger partial charge in [-0.25, -0.2) is 13.1 Å². The van der Waals surface area contributed by atoms with Gasteiger partial charge < -0.3 is 10.0 Å². The maximum atomic E-state index is 12.1. The molecule has 0 unspecified atom stereocenters. The Hall–Kier alpha value is -1.11. The molecular weight excluding hydrogens is 276 g/mol. The molecule has 0 spiro atoms. The molecule has 0 aromatic heterocycles. The first kappa shape index (κ1) is 15.3. The fraction of sp³-hybridized carbons (Fsp3) is 0.571. The number of nitrogens with zero attached hydrogens (tertiary/aromatic N) is 1. The van der Waals surface area contributed by atoms with Crippen LogP contribution in [-0.2, 0) is 10.0 Å². The topological polar surface area (TPSA) is 69.6 Å². The van der Waals surface area contributed by atoms with E-state index in [0.29, 0.717) is 0 Å². The van der Waals surface area contributed by atoms with Crippen molar-refractivity contribution in [3.8, 4) is 0 Å². The van der Waals surface area contributed by atoms with Crippen LogP contribution in [0.5, 0.6) is 0 Å². The van der Waals surface area contributed by atoms with Gasteiger partial charge in [-0.3, -0.25) is 0 Å². The molecule has 1 saturated carbocycles. The molecule has 1 aromatic carbocycles. The second kappa shape index (κ2) is 5.35. The van der Waals surface area contributed by atoms with E-state index < -0.39 is 15.6 Å². The van der Waals surface area contributed by atoms with Crippen molar-refractivity contribution in [3.63, 3.8) is 0 Å². The lowest BCUT2D eigenvalue weighted by atomic mass is 10.0. The smallest absolute Gasteiger partial charge is 0.240 e. The van der Waals surface area contributed by atoms with Crippen LogP contribution in [-0.4, -0.2) is 38.8 Å². The molecule has 0 heterocycles. The van der Waals surface area contributed by atoms with Crippen LogP contribution >= 0.6 is 0 Å². The number of anilines is 1. The molecule has 112 valence electrons. The predicted octanol–water partition coefficient (Wildman–Crippen LogP) is 1.33. The summed E-state index contributed by atoms with van der Waals surface area (Å²) in [6.45, 7) is 3.87. The van der Waals surface area contributed by atoms with E-state index >= 15 is 0 Å². The molecule has 1 aliphatic carbocycles. The van der Waals surface area contributed by atoms with E-state index in [-0.39, 0.29) is 17.5 Å². The Morgan fingerprint density at radius 2 is 1.85 bits per heavy atom. The van der Waals surface area contributed by atoms with Gasteiger partial charge in [0, 0.05) is 18.8 Å². The van der Waals surface area contributed by atoms with Gasteiger partial charge in [0.1, 0.15) is 0 Å². The minimum atomic E-state index is -3.40. The van der Waals surface area contributed by atoms with Crippen molar-refractivity contribution in [1.29, 1.82) is 0 Å². The van der Waals surface area contributed by atoms with Crippen LogP contribution in [0.4, 0.5) is 5.69 Å². The first-order valence-corrected chi connectivity index (χ1v) is 8.22. The quantitative estimate of drug-likeness (QED) is 0.831. The van der Waals surface area contributed by atoms with Gasteiger partial charge in [0.15, 0.2) is 0 Å². The Labute approximate surface area is 120 Å². The monoisotopic (exact) mass is 298 g/mol. The zero-order valence-corrected chi connectivity index (χ0v) is 12.9. The van der Waals surface area contributed by atoms with E-state index in [1.165, 1.54) is 0 Å². The van der Waals surface area contributed by atoms with Crippen LogP contribution in [0.25, 0.3) is 0 Å². The lowest BCUT2D eigenvalue weighted by Crippen LogP contribution is -2.44. The summed E-state index contributed by atoms with van der Waals surface area (Å²) in [6.07, 6.45) is 1.84. The van der Waals surface area contributed by atoms with Gasteiger partial charge in [-0.15, -0.1) is 0 Å². The first-order chi connectivity index (χ1) is 9.26. The summed E-state index contributed by atoms with van der Waals surface area (Å²) in [5.41, 5.74) is 0.474. The Kier molecular flexibility index (Phi) is 4.09. The number of sulfonamides is 1. The number of aliphatic hydroxyl groups excluding tert-OH is 1. The maximum absolute atomic E-state index is 12.1. The molecule has 0 atom stereocenters. The Morgan fingerprint density at radius 1 is 1.30 bits per heavy atom. The van der Waals surface area contributed by atoms with E-state index in [2.05, 4.69) is 4.72 Å². The van der Waals surface area contributed by atoms with Gasteiger partial charge in [0.25, 0.3) is 0 Å². The van der Waals surface area contributed by atoms with Crippen molar-refractivity contribution in [2.24, 2.45) is 0 Å². The minimum Gasteiger partial charge on any atom is -0.394 e. The fourth-order valence-electron chi connectivity index (χ4n) is 1.79. The summed E-state index contributed by atoms with van der Waals surface area (Å²) in [4.78, 5) is 2.21. The fourth-order valence-corrected chi connectivity index (χ4v) is 3.10. The molecule has 1 aliphatic rings. The van der Waals surface area contributed by atoms with Crippen LogP contribution in [0.1, 0.15) is 26.7 Å². The van der Waals surface area contributed by atoms with Gasteiger partial charge in [0.05, 0.1) is 17.0 Å². The molecule has 2 N–H and O–H groups in total. The maximum Gasteiger partial charge on any atom is 0.240 e. The molecule has 5 nitrogen and oxygen atoms in total. The van der Waals surface area contributed by atoms with Crippen LogP contribution < -0.4 is 9.62 Å². The van der Waals surface area contributed by atoms with E-state index in [9.17, 15) is 13.5 Å². The van der Waals surface area contributed by atoms with Crippen molar-refractivity contribution in [3.05, 3.63) is 24.3 Å². The van der Waals surface area contributed by atoms with E-state index in [0.717, 1.165) is 18.5 Å². The highest BCUT2D eigenvalue weighted by Crippen LogP contribution is 2.25. The zero-order valence-electron chi connectivity index (χ0n) is 12.1. The summed E-state index contributed by atoms with van der Waals surface area (Å²) in [7, 11) is -1.52. The van der Waals surface area contributed by atoms with Crippen LogP contribution in [0.15, 0.2) is 29.2 Å². The van der Waals surface area contributed by atoms with Gasteiger partial charge in [0.2, 0.25) is 10.0 Å². The number of aliphatic hydroxyl groups is 1. The predicted molar refractivity (Wildman–Crippen MR) is 79.4 cm³/mol. The molecule has 0 radical (unpaired) electrons. The van der Waals surface area contributed by atoms with Gasteiger partial charge >= 0.3 is 0 Å². The van der Waals surface area contributed by atoms with Crippen LogP contribution in [0, 0.1) is 0 Å². The number of nitrogens with one attached hydrogen (secondary N) is 1. The second-order valence-electron chi connectivity index (χ2n) is 5.92. The normalized spacial score (nSPS) is 16.2. The van der Waals surface area contributed by atoms with Crippen molar-refractivity contribution in [2.45, 2.75) is 43.2 Å². The largest absolute Gasteiger partial charge is 0.394 e. The summed E-state index contributed by atoms with van der Waals surface area (Å²) in [5, 5.41) is 9.37. The third kappa shape index (κ3) is 3.31. The number of likely N-dealkylation sites (N-methyl/N-ethyl adjacent to an activating group) is 1. The number of hydrogen-bond acceptors (Lipinski definition) is 4. The molecule has 2 rings (SSSR count). The third-order valence-electron chi connectivity index (χ3n) is 3.73. The molecule has 0 saturated heterocycles. The highest BCUT2D eigenvalue weighted by Gasteiger charge is 2.28. The summed E-state index contributed by atoms with van der Waals surface area (Å²) in [6, 6.07) is 6.84. The minimum absolute atomic E-state index is 0.0206. The van der Waals surface area contributed by atoms with Gasteiger partial charge in [-0.1, -0.05) is 0 Å². The molecule has 0 bridgehead atoms. The third-order valence-corrected chi connectivity index (χ3v) is 5.26. The van der Waals surface area contributed by atoms with E-state index in [4.69, 9.17) is 0 Å². The Bertz CT molecular complexity index is 563. The van der Waals surface area contributed by atoms with Crippen LogP contribution in [0.2, 0.25) is 0 Å². The van der Waals surface area contributed by atoms with Crippen molar-refractivity contribution < 1.29 is 13.5 Å². The Morgan fingerprint density at radius 3 is 2.30 bits per heavy atom. The summed E-state index contributed by atoms with van der Waals surface area (Å²) < 4.78 is 26.8. The molecule has 20 heavy (non-hydrogen) atoms. The molecule has 6 heteroatoms. The highest BCUT2D eigenvalue weighted by atomic mass is 32.2. The average molecular weight is 298 g/mol. The van der Waals surface area contributed by atoms with E-state index in [1.54, 1.807) is 24.3 Å². The number of benzene rings is 1. The number of rotatable bonds is 6. The van der Waals surface area contributed by atoms with Gasteiger partial charge in [-0.2, -0.15) is 0 Å². The zero-order chi connectivity index (χ0) is 15.0. The lowest BCUT2D eigenvalue weighted by Gasteiger charge is -2.35. The highest BCUT2D eigenvalue weighted by molar-refractivity contribution is 7.89. The van der Waals surface area contributed by atoms with Crippen molar-refractivity contribution >= 4 is 15.7 Å². The SMILES string of the molecule is CN(c1ccc(S(=O)(=O)NC2CC2)cc1)C(C)(C)CO. The molecule has 1 aromatic rings. The molecule has 1 fully saturated rings. The van der Waals surface area contributed by atoms with Gasteiger partial charge in [-0.05, 0) is 51.0 Å². The molecule has 0 aliphatic heterocycles.